The summed E-state index contributed by atoms with van der Waals surface area (Å²) >= 11 is 0. The summed E-state index contributed by atoms with van der Waals surface area (Å²) in [5.41, 5.74) is 9.81. The first-order chi connectivity index (χ1) is 1.91. The number of rotatable bonds is 1. The molecule has 4 N–H and O–H groups in total. The Balaban J connectivity index is -0.0000000450. The second-order valence-corrected chi connectivity index (χ2v) is 0.577. The molecule has 0 rings (SSSR count). The zero-order valence-electron chi connectivity index (χ0n) is 3.37. The molecule has 0 aromatic carbocycles. The molecule has 0 atom stereocenters. The Labute approximate surface area is 48.5 Å². The number of nitrogens with zero attached hydrogens (tertiary/aromatic N) is 1. The Hall–Kier alpha value is 0.399. The molecule has 0 aromatic rings. The first kappa shape index (κ1) is 16.1. The van der Waals surface area contributed by atoms with Crippen LogP contribution in [0.3, 0.4) is 0 Å². The number of nitrogens with two attached hydrogens (primary N) is 2. The fraction of sp³-hybridized carbons (Fsp3) is 1.00. The summed E-state index contributed by atoms with van der Waals surface area (Å²) in [4.78, 5) is 0. The predicted molar refractivity (Wildman–Crippen MR) is 20.2 cm³/mol. The standard InChI is InChI=1S/C2H8N2.Fe.N/c3-1-2-4;;/h1-4H2;;. The topological polar surface area (TPSA) is 82.5 Å². The van der Waals surface area contributed by atoms with E-state index in [4.69, 9.17) is 11.5 Å². The van der Waals surface area contributed by atoms with Gasteiger partial charge in [-0.05, 0) is 0 Å². The number of hydrogen-bond acceptors (Lipinski definition) is 2. The van der Waals surface area contributed by atoms with Crippen molar-refractivity contribution in [3.05, 3.63) is 0 Å². The fourth-order valence-electron chi connectivity index (χ4n) is 0. The van der Waals surface area contributed by atoms with Gasteiger partial charge in [-0.25, -0.2) is 0 Å². The molecule has 0 amide bonds. The van der Waals surface area contributed by atoms with Crippen molar-refractivity contribution in [2.75, 3.05) is 13.1 Å². The van der Waals surface area contributed by atoms with Gasteiger partial charge in [-0.2, -0.15) is 0 Å². The minimum Gasteiger partial charge on any atom is -0.329 e. The molecular weight excluding hydrogens is 122 g/mol. The Kier molecular flexibility index (Phi) is 48.8. The molecular formula is C2H8FeN3. The van der Waals surface area contributed by atoms with Crippen molar-refractivity contribution in [1.82, 2.24) is 6.15 Å². The van der Waals surface area contributed by atoms with E-state index in [1.54, 1.807) is 0 Å². The van der Waals surface area contributed by atoms with Crippen molar-refractivity contribution in [3.63, 3.8) is 0 Å². The van der Waals surface area contributed by atoms with E-state index in [0.29, 0.717) is 13.1 Å². The van der Waals surface area contributed by atoms with Gasteiger partial charge in [0.05, 0.1) is 0 Å². The fourth-order valence-corrected chi connectivity index (χ4v) is 0. The van der Waals surface area contributed by atoms with E-state index in [9.17, 15) is 0 Å². The van der Waals surface area contributed by atoms with Crippen LogP contribution in [0.1, 0.15) is 0 Å². The van der Waals surface area contributed by atoms with Crippen LogP contribution >= 0.6 is 0 Å². The van der Waals surface area contributed by atoms with Gasteiger partial charge in [0.25, 0.3) is 0 Å². The summed E-state index contributed by atoms with van der Waals surface area (Å²) in [6.45, 7) is 1.19. The van der Waals surface area contributed by atoms with Crippen LogP contribution in [0.5, 0.6) is 0 Å². The summed E-state index contributed by atoms with van der Waals surface area (Å²) in [6.07, 6.45) is 0. The van der Waals surface area contributed by atoms with Crippen molar-refractivity contribution >= 4 is 0 Å². The summed E-state index contributed by atoms with van der Waals surface area (Å²) in [5.74, 6) is 0. The first-order valence-corrected chi connectivity index (χ1v) is 1.32. The van der Waals surface area contributed by atoms with Gasteiger partial charge in [-0.3, -0.25) is 0 Å². The van der Waals surface area contributed by atoms with Crippen LogP contribution in [0.25, 0.3) is 0 Å². The molecule has 0 heterocycles. The average Bonchev–Trinajstić information content (AvgIpc) is 1.37. The monoisotopic (exact) mass is 130 g/mol. The van der Waals surface area contributed by atoms with E-state index in [2.05, 4.69) is 0 Å². The first-order valence-electron chi connectivity index (χ1n) is 1.32. The molecule has 3 nitrogen and oxygen atoms in total. The maximum absolute atomic E-state index is 4.90. The SMILES string of the molecule is NCCN.[Fe].[N]. The molecule has 0 spiro atoms. The summed E-state index contributed by atoms with van der Waals surface area (Å²) < 4.78 is 0. The molecule has 4 heteroatoms. The van der Waals surface area contributed by atoms with E-state index < -0.39 is 0 Å². The van der Waals surface area contributed by atoms with Gasteiger partial charge in [0.1, 0.15) is 0 Å². The summed E-state index contributed by atoms with van der Waals surface area (Å²) in [5, 5.41) is 0. The van der Waals surface area contributed by atoms with Crippen LogP contribution in [0.2, 0.25) is 0 Å². The van der Waals surface area contributed by atoms with Crippen molar-refractivity contribution in [1.29, 1.82) is 0 Å². The third-order valence-electron chi connectivity index (χ3n) is 0.167. The van der Waals surface area contributed by atoms with Gasteiger partial charge in [0.2, 0.25) is 0 Å². The van der Waals surface area contributed by atoms with Crippen LogP contribution in [0.4, 0.5) is 0 Å². The van der Waals surface area contributed by atoms with Crippen LogP contribution < -0.4 is 17.6 Å². The molecule has 0 aliphatic heterocycles. The molecule has 0 aromatic heterocycles. The molecule has 0 aliphatic carbocycles. The zero-order chi connectivity index (χ0) is 3.41. The molecule has 0 fully saturated rings. The summed E-state index contributed by atoms with van der Waals surface area (Å²) in [7, 11) is 0. The predicted octanol–water partition coefficient (Wildman–Crippen LogP) is -1.58. The molecule has 0 aliphatic rings. The Morgan fingerprint density at radius 2 is 1.17 bits per heavy atom. The van der Waals surface area contributed by atoms with Crippen LogP contribution in [0, 0.1) is 0 Å². The van der Waals surface area contributed by atoms with Crippen molar-refractivity contribution in [2.45, 2.75) is 0 Å². The molecule has 3 radical (unpaired) electrons. The van der Waals surface area contributed by atoms with Gasteiger partial charge in [0.15, 0.2) is 0 Å². The molecule has 6 heavy (non-hydrogen) atoms. The van der Waals surface area contributed by atoms with Crippen molar-refractivity contribution in [2.24, 2.45) is 11.5 Å². The van der Waals surface area contributed by atoms with Crippen LogP contribution in [-0.4, -0.2) is 13.1 Å². The molecule has 0 bridgehead atoms. The molecule has 39 valence electrons. The van der Waals surface area contributed by atoms with E-state index in [0.717, 1.165) is 0 Å². The summed E-state index contributed by atoms with van der Waals surface area (Å²) in [6, 6.07) is 0. The van der Waals surface area contributed by atoms with Gasteiger partial charge >= 0.3 is 0 Å². The number of hydrogen-bond donors (Lipinski definition) is 2. The van der Waals surface area contributed by atoms with Crippen molar-refractivity contribution in [3.8, 4) is 0 Å². The largest absolute Gasteiger partial charge is 0.329 e. The Morgan fingerprint density at radius 3 is 1.17 bits per heavy atom. The normalized spacial score (nSPS) is 5.00. The third-order valence-corrected chi connectivity index (χ3v) is 0.167. The molecule has 0 unspecified atom stereocenters. The molecule has 0 saturated heterocycles. The average molecular weight is 130 g/mol. The molecule has 0 saturated carbocycles. The van der Waals surface area contributed by atoms with Crippen LogP contribution in [0.15, 0.2) is 0 Å². The van der Waals surface area contributed by atoms with Gasteiger partial charge in [0, 0.05) is 36.3 Å². The van der Waals surface area contributed by atoms with Gasteiger partial charge in [-0.15, -0.1) is 0 Å². The third kappa shape index (κ3) is 26.0. The van der Waals surface area contributed by atoms with E-state index in [1.807, 2.05) is 0 Å². The van der Waals surface area contributed by atoms with E-state index in [-0.39, 0.29) is 23.2 Å². The smallest absolute Gasteiger partial charge is 0.00461 e. The van der Waals surface area contributed by atoms with Crippen molar-refractivity contribution < 1.29 is 17.1 Å². The van der Waals surface area contributed by atoms with Gasteiger partial charge < -0.3 is 11.5 Å². The van der Waals surface area contributed by atoms with E-state index >= 15 is 0 Å². The second-order valence-electron chi connectivity index (χ2n) is 0.577. The maximum atomic E-state index is 4.90. The maximum Gasteiger partial charge on any atom is 0.00461 e. The minimum atomic E-state index is 0. The van der Waals surface area contributed by atoms with Gasteiger partial charge in [-0.1, -0.05) is 0 Å². The Bertz CT molecular complexity index is 10.8. The quantitative estimate of drug-likeness (QED) is 0.420. The zero-order valence-corrected chi connectivity index (χ0v) is 4.47. The van der Waals surface area contributed by atoms with Crippen LogP contribution in [-0.2, 0) is 17.1 Å². The second kappa shape index (κ2) is 18.2. The van der Waals surface area contributed by atoms with E-state index in [1.165, 1.54) is 0 Å². The minimum absolute atomic E-state index is 0. The Morgan fingerprint density at radius 1 is 1.00 bits per heavy atom.